The van der Waals surface area contributed by atoms with Crippen molar-refractivity contribution in [3.05, 3.63) is 0 Å². The molecule has 116 valence electrons. The van der Waals surface area contributed by atoms with Gasteiger partial charge in [0.1, 0.15) is 0 Å². The first-order chi connectivity index (χ1) is 8.89. The van der Waals surface area contributed by atoms with E-state index in [0.717, 1.165) is 32.5 Å². The lowest BCUT2D eigenvalue weighted by atomic mass is 10.3. The first-order valence-electron chi connectivity index (χ1n) is 7.27. The van der Waals surface area contributed by atoms with E-state index < -0.39 is 10.0 Å². The van der Waals surface area contributed by atoms with Crippen LogP contribution in [0, 0.1) is 0 Å². The summed E-state index contributed by atoms with van der Waals surface area (Å²) in [5.41, 5.74) is 0. The zero-order valence-corrected chi connectivity index (χ0v) is 13.7. The summed E-state index contributed by atoms with van der Waals surface area (Å²) in [4.78, 5) is 2.21. The van der Waals surface area contributed by atoms with E-state index in [9.17, 15) is 8.42 Å². The molecule has 0 amide bonds. The highest BCUT2D eigenvalue weighted by Gasteiger charge is 2.09. The third-order valence-corrected chi connectivity index (χ3v) is 4.63. The lowest BCUT2D eigenvalue weighted by Gasteiger charge is -2.20. The summed E-state index contributed by atoms with van der Waals surface area (Å²) in [5.74, 6) is 0.235. The molecular weight excluding hydrogens is 262 g/mol. The second kappa shape index (κ2) is 10.6. The monoisotopic (exact) mass is 293 g/mol. The lowest BCUT2D eigenvalue weighted by molar-refractivity contribution is 0.271. The van der Waals surface area contributed by atoms with Crippen LogP contribution >= 0.6 is 0 Å². The second-order valence-corrected chi connectivity index (χ2v) is 7.13. The molecule has 0 atom stereocenters. The van der Waals surface area contributed by atoms with E-state index in [0.29, 0.717) is 19.0 Å². The smallest absolute Gasteiger partial charge is 0.211 e. The fraction of sp³-hybridized carbons (Fsp3) is 1.00. The van der Waals surface area contributed by atoms with Crippen molar-refractivity contribution in [3.8, 4) is 0 Å². The van der Waals surface area contributed by atoms with Crippen molar-refractivity contribution in [2.75, 3.05) is 39.0 Å². The van der Waals surface area contributed by atoms with Crippen molar-refractivity contribution in [1.29, 1.82) is 0 Å². The van der Waals surface area contributed by atoms with Gasteiger partial charge in [-0.2, -0.15) is 0 Å². The van der Waals surface area contributed by atoms with Gasteiger partial charge in [0.2, 0.25) is 10.0 Å². The molecule has 2 N–H and O–H groups in total. The molecule has 0 saturated carbocycles. The van der Waals surface area contributed by atoms with Gasteiger partial charge in [0.25, 0.3) is 0 Å². The van der Waals surface area contributed by atoms with Gasteiger partial charge in [0.15, 0.2) is 0 Å². The second-order valence-electron chi connectivity index (χ2n) is 5.20. The Morgan fingerprint density at radius 3 is 2.37 bits per heavy atom. The highest BCUT2D eigenvalue weighted by molar-refractivity contribution is 7.89. The molecule has 0 radical (unpaired) electrons. The molecule has 0 fully saturated rings. The number of hydrogen-bond acceptors (Lipinski definition) is 4. The van der Waals surface area contributed by atoms with Crippen molar-refractivity contribution in [2.45, 2.75) is 46.1 Å². The SMILES string of the molecule is CCNCCCCS(=O)(=O)NCCCN(C)C(C)C. The van der Waals surface area contributed by atoms with Crippen LogP contribution in [0.1, 0.15) is 40.0 Å². The highest BCUT2D eigenvalue weighted by atomic mass is 32.2. The van der Waals surface area contributed by atoms with Crippen molar-refractivity contribution < 1.29 is 8.42 Å². The molecule has 0 spiro atoms. The van der Waals surface area contributed by atoms with Gasteiger partial charge in [-0.1, -0.05) is 6.92 Å². The van der Waals surface area contributed by atoms with Crippen molar-refractivity contribution >= 4 is 10.0 Å². The van der Waals surface area contributed by atoms with Crippen LogP contribution in [0.5, 0.6) is 0 Å². The molecule has 0 aromatic rings. The minimum atomic E-state index is -3.08. The normalized spacial score (nSPS) is 12.5. The molecule has 19 heavy (non-hydrogen) atoms. The fourth-order valence-corrected chi connectivity index (χ4v) is 2.79. The van der Waals surface area contributed by atoms with Gasteiger partial charge in [-0.25, -0.2) is 13.1 Å². The Balaban J connectivity index is 3.62. The van der Waals surface area contributed by atoms with Crippen molar-refractivity contribution in [3.63, 3.8) is 0 Å². The van der Waals surface area contributed by atoms with Crippen LogP contribution in [-0.2, 0) is 10.0 Å². The van der Waals surface area contributed by atoms with Crippen molar-refractivity contribution in [1.82, 2.24) is 14.9 Å². The third kappa shape index (κ3) is 11.4. The molecule has 0 aliphatic carbocycles. The lowest BCUT2D eigenvalue weighted by Crippen LogP contribution is -2.32. The van der Waals surface area contributed by atoms with Crippen LogP contribution in [0.25, 0.3) is 0 Å². The van der Waals surface area contributed by atoms with E-state index in [1.165, 1.54) is 0 Å². The zero-order chi connectivity index (χ0) is 14.7. The van der Waals surface area contributed by atoms with Gasteiger partial charge < -0.3 is 10.2 Å². The third-order valence-electron chi connectivity index (χ3n) is 3.16. The van der Waals surface area contributed by atoms with Crippen LogP contribution in [0.4, 0.5) is 0 Å². The molecule has 0 heterocycles. The Hall–Kier alpha value is -0.170. The zero-order valence-electron chi connectivity index (χ0n) is 12.9. The highest BCUT2D eigenvalue weighted by Crippen LogP contribution is 1.97. The van der Waals surface area contributed by atoms with Crippen LogP contribution < -0.4 is 10.0 Å². The van der Waals surface area contributed by atoms with Crippen LogP contribution in [0.15, 0.2) is 0 Å². The largest absolute Gasteiger partial charge is 0.317 e. The molecule has 0 rings (SSSR count). The standard InChI is InChI=1S/C13H31N3O2S/c1-5-14-9-6-7-12-19(17,18)15-10-8-11-16(4)13(2)3/h13-15H,5-12H2,1-4H3. The summed E-state index contributed by atoms with van der Waals surface area (Å²) in [6, 6.07) is 0.502. The summed E-state index contributed by atoms with van der Waals surface area (Å²) in [6.45, 7) is 9.60. The molecule has 0 unspecified atom stereocenters. The Morgan fingerprint density at radius 1 is 1.11 bits per heavy atom. The number of nitrogens with one attached hydrogen (secondary N) is 2. The average molecular weight is 293 g/mol. The number of hydrogen-bond donors (Lipinski definition) is 2. The number of sulfonamides is 1. The first kappa shape index (κ1) is 18.8. The Kier molecular flexibility index (Phi) is 10.5. The van der Waals surface area contributed by atoms with E-state index in [-0.39, 0.29) is 5.75 Å². The van der Waals surface area contributed by atoms with Gasteiger partial charge >= 0.3 is 0 Å². The molecule has 0 bridgehead atoms. The number of unbranched alkanes of at least 4 members (excludes halogenated alkanes) is 1. The van der Waals surface area contributed by atoms with Crippen molar-refractivity contribution in [2.24, 2.45) is 0 Å². The van der Waals surface area contributed by atoms with Crippen LogP contribution in [0.2, 0.25) is 0 Å². The van der Waals surface area contributed by atoms with Crippen LogP contribution in [-0.4, -0.2) is 58.3 Å². The Morgan fingerprint density at radius 2 is 1.79 bits per heavy atom. The molecule has 5 nitrogen and oxygen atoms in total. The average Bonchev–Trinajstić information content (AvgIpc) is 2.34. The molecule has 0 aromatic heterocycles. The minimum absolute atomic E-state index is 0.235. The maximum atomic E-state index is 11.7. The number of rotatable bonds is 12. The molecule has 6 heteroatoms. The summed E-state index contributed by atoms with van der Waals surface area (Å²) < 4.78 is 26.1. The topological polar surface area (TPSA) is 61.4 Å². The van der Waals surface area contributed by atoms with E-state index >= 15 is 0 Å². The van der Waals surface area contributed by atoms with Gasteiger partial charge in [-0.3, -0.25) is 0 Å². The molecule has 0 saturated heterocycles. The maximum absolute atomic E-state index is 11.7. The Bertz CT molecular complexity index is 305. The number of nitrogens with zero attached hydrogens (tertiary/aromatic N) is 1. The maximum Gasteiger partial charge on any atom is 0.211 e. The molecule has 0 aliphatic rings. The summed E-state index contributed by atoms with van der Waals surface area (Å²) in [5, 5.41) is 3.19. The van der Waals surface area contributed by atoms with Crippen LogP contribution in [0.3, 0.4) is 0 Å². The molecular formula is C13H31N3O2S. The summed E-state index contributed by atoms with van der Waals surface area (Å²) >= 11 is 0. The Labute approximate surface area is 119 Å². The van der Waals surface area contributed by atoms with Gasteiger partial charge in [-0.05, 0) is 59.8 Å². The van der Waals surface area contributed by atoms with E-state index in [1.54, 1.807) is 0 Å². The van der Waals surface area contributed by atoms with E-state index in [4.69, 9.17) is 0 Å². The summed E-state index contributed by atoms with van der Waals surface area (Å²) in [6.07, 6.45) is 2.48. The first-order valence-corrected chi connectivity index (χ1v) is 8.92. The predicted molar refractivity (Wildman–Crippen MR) is 82.0 cm³/mol. The van der Waals surface area contributed by atoms with E-state index in [2.05, 4.69) is 35.8 Å². The van der Waals surface area contributed by atoms with Gasteiger partial charge in [0, 0.05) is 12.6 Å². The van der Waals surface area contributed by atoms with E-state index in [1.807, 2.05) is 6.92 Å². The van der Waals surface area contributed by atoms with Gasteiger partial charge in [0.05, 0.1) is 5.75 Å². The van der Waals surface area contributed by atoms with Gasteiger partial charge in [-0.15, -0.1) is 0 Å². The predicted octanol–water partition coefficient (Wildman–Crippen LogP) is 1.03. The minimum Gasteiger partial charge on any atom is -0.317 e. The fourth-order valence-electron chi connectivity index (χ4n) is 1.61. The quantitative estimate of drug-likeness (QED) is 0.528. The summed E-state index contributed by atoms with van der Waals surface area (Å²) in [7, 11) is -1.03. The molecule has 0 aromatic carbocycles. The molecule has 0 aliphatic heterocycles.